The summed E-state index contributed by atoms with van der Waals surface area (Å²) in [4.78, 5) is 27.2. The van der Waals surface area contributed by atoms with Gasteiger partial charge in [0.15, 0.2) is 0 Å². The lowest BCUT2D eigenvalue weighted by atomic mass is 9.96. The van der Waals surface area contributed by atoms with E-state index in [1.807, 2.05) is 47.4 Å². The Morgan fingerprint density at radius 2 is 1.66 bits per heavy atom. The number of carbonyl (C=O) groups is 2. The molecule has 0 unspecified atom stereocenters. The van der Waals surface area contributed by atoms with E-state index >= 15 is 0 Å². The highest BCUT2D eigenvalue weighted by molar-refractivity contribution is 5.84. The molecule has 1 heterocycles. The summed E-state index contributed by atoms with van der Waals surface area (Å²) in [5, 5.41) is 5.44. The van der Waals surface area contributed by atoms with Crippen LogP contribution in [-0.4, -0.2) is 29.8 Å². The van der Waals surface area contributed by atoms with E-state index < -0.39 is 0 Å². The van der Waals surface area contributed by atoms with Crippen molar-refractivity contribution < 1.29 is 9.59 Å². The molecule has 0 bridgehead atoms. The number of carbonyl (C=O) groups excluding carboxylic acids is 2. The van der Waals surface area contributed by atoms with Crippen molar-refractivity contribution in [1.29, 1.82) is 0 Å². The van der Waals surface area contributed by atoms with E-state index in [4.69, 9.17) is 0 Å². The SMILES string of the molecule is O=C(NCc1ccc2ccccc2c1)[C@@H]1CCCN(C(=O)Cc2ccccc2)C1. The van der Waals surface area contributed by atoms with Crippen molar-refractivity contribution in [2.75, 3.05) is 13.1 Å². The summed E-state index contributed by atoms with van der Waals surface area (Å²) < 4.78 is 0. The molecule has 1 N–H and O–H groups in total. The Bertz CT molecular complexity index is 1000. The third kappa shape index (κ3) is 4.83. The van der Waals surface area contributed by atoms with Gasteiger partial charge in [-0.05, 0) is 40.8 Å². The summed E-state index contributed by atoms with van der Waals surface area (Å²) in [7, 11) is 0. The number of fused-ring (bicyclic) bond motifs is 1. The van der Waals surface area contributed by atoms with Gasteiger partial charge in [0.05, 0.1) is 12.3 Å². The number of piperidine rings is 1. The van der Waals surface area contributed by atoms with Crippen LogP contribution in [0.1, 0.15) is 24.0 Å². The molecular formula is C25H26N2O2. The molecule has 3 aromatic carbocycles. The summed E-state index contributed by atoms with van der Waals surface area (Å²) in [6, 6.07) is 24.2. The zero-order valence-electron chi connectivity index (χ0n) is 16.5. The molecule has 3 aromatic rings. The highest BCUT2D eigenvalue weighted by atomic mass is 16.2. The van der Waals surface area contributed by atoms with Crippen LogP contribution in [0.5, 0.6) is 0 Å². The molecule has 0 spiro atoms. The Morgan fingerprint density at radius 1 is 0.897 bits per heavy atom. The fourth-order valence-corrected chi connectivity index (χ4v) is 3.98. The molecule has 29 heavy (non-hydrogen) atoms. The number of nitrogens with one attached hydrogen (secondary N) is 1. The Labute approximate surface area is 171 Å². The Kier molecular flexibility index (Phi) is 5.89. The summed E-state index contributed by atoms with van der Waals surface area (Å²) in [5.41, 5.74) is 2.10. The second-order valence-electron chi connectivity index (χ2n) is 7.74. The summed E-state index contributed by atoms with van der Waals surface area (Å²) >= 11 is 0. The first kappa shape index (κ1) is 19.2. The highest BCUT2D eigenvalue weighted by Gasteiger charge is 2.28. The van der Waals surface area contributed by atoms with Crippen LogP contribution in [0.25, 0.3) is 10.8 Å². The molecule has 0 radical (unpaired) electrons. The van der Waals surface area contributed by atoms with Crippen molar-refractivity contribution in [3.05, 3.63) is 83.9 Å². The predicted octanol–water partition coefficient (Wildman–Crippen LogP) is 3.94. The van der Waals surface area contributed by atoms with Crippen LogP contribution in [0.2, 0.25) is 0 Å². The zero-order chi connectivity index (χ0) is 20.1. The van der Waals surface area contributed by atoms with Crippen molar-refractivity contribution in [1.82, 2.24) is 10.2 Å². The Balaban J connectivity index is 1.32. The van der Waals surface area contributed by atoms with Gasteiger partial charge in [0.25, 0.3) is 0 Å². The molecular weight excluding hydrogens is 360 g/mol. The second kappa shape index (κ2) is 8.91. The number of rotatable bonds is 5. The maximum atomic E-state index is 12.7. The molecule has 2 amide bonds. The fourth-order valence-electron chi connectivity index (χ4n) is 3.98. The van der Waals surface area contributed by atoms with Crippen LogP contribution in [0, 0.1) is 5.92 Å². The van der Waals surface area contributed by atoms with E-state index in [9.17, 15) is 9.59 Å². The van der Waals surface area contributed by atoms with Gasteiger partial charge in [0.2, 0.25) is 11.8 Å². The van der Waals surface area contributed by atoms with E-state index in [0.717, 1.165) is 30.5 Å². The molecule has 4 nitrogen and oxygen atoms in total. The van der Waals surface area contributed by atoms with Gasteiger partial charge < -0.3 is 10.2 Å². The lowest BCUT2D eigenvalue weighted by Crippen LogP contribution is -2.45. The van der Waals surface area contributed by atoms with E-state index in [1.165, 1.54) is 10.8 Å². The molecule has 1 fully saturated rings. The molecule has 148 valence electrons. The average molecular weight is 386 g/mol. The van der Waals surface area contributed by atoms with Gasteiger partial charge in [-0.1, -0.05) is 66.7 Å². The number of hydrogen-bond donors (Lipinski definition) is 1. The van der Waals surface area contributed by atoms with Crippen LogP contribution in [-0.2, 0) is 22.6 Å². The lowest BCUT2D eigenvalue weighted by Gasteiger charge is -2.32. The topological polar surface area (TPSA) is 49.4 Å². The van der Waals surface area contributed by atoms with Crippen molar-refractivity contribution in [2.45, 2.75) is 25.8 Å². The molecule has 1 saturated heterocycles. The molecule has 0 saturated carbocycles. The molecule has 4 heteroatoms. The number of benzene rings is 3. The predicted molar refractivity (Wildman–Crippen MR) is 115 cm³/mol. The van der Waals surface area contributed by atoms with E-state index in [1.54, 1.807) is 0 Å². The van der Waals surface area contributed by atoms with Crippen LogP contribution in [0.3, 0.4) is 0 Å². The summed E-state index contributed by atoms with van der Waals surface area (Å²) in [6.45, 7) is 1.76. The van der Waals surface area contributed by atoms with E-state index in [2.05, 4.69) is 35.6 Å². The number of hydrogen-bond acceptors (Lipinski definition) is 2. The standard InChI is InChI=1S/C25H26N2O2/c28-24(16-19-7-2-1-3-8-19)27-14-6-11-23(18-27)25(29)26-17-20-12-13-21-9-4-5-10-22(21)15-20/h1-5,7-10,12-13,15,23H,6,11,14,16-18H2,(H,26,29)/t23-/m1/s1. The van der Waals surface area contributed by atoms with Crippen LogP contribution < -0.4 is 5.32 Å². The van der Waals surface area contributed by atoms with E-state index in [-0.39, 0.29) is 17.7 Å². The normalized spacial score (nSPS) is 16.6. The van der Waals surface area contributed by atoms with Crippen molar-refractivity contribution in [2.24, 2.45) is 5.92 Å². The average Bonchev–Trinajstić information content (AvgIpc) is 2.78. The largest absolute Gasteiger partial charge is 0.352 e. The van der Waals surface area contributed by atoms with Crippen LogP contribution >= 0.6 is 0 Å². The molecule has 4 rings (SSSR count). The van der Waals surface area contributed by atoms with Gasteiger partial charge in [0, 0.05) is 19.6 Å². The lowest BCUT2D eigenvalue weighted by molar-refractivity contribution is -0.135. The number of likely N-dealkylation sites (tertiary alicyclic amines) is 1. The van der Waals surface area contributed by atoms with Gasteiger partial charge >= 0.3 is 0 Å². The maximum absolute atomic E-state index is 12.7. The quantitative estimate of drug-likeness (QED) is 0.722. The first-order chi connectivity index (χ1) is 14.2. The first-order valence-corrected chi connectivity index (χ1v) is 10.3. The van der Waals surface area contributed by atoms with Gasteiger partial charge in [-0.15, -0.1) is 0 Å². The molecule has 0 aliphatic carbocycles. The van der Waals surface area contributed by atoms with Gasteiger partial charge in [-0.25, -0.2) is 0 Å². The van der Waals surface area contributed by atoms with Gasteiger partial charge in [-0.3, -0.25) is 9.59 Å². The number of nitrogens with zero attached hydrogens (tertiary/aromatic N) is 1. The molecule has 1 atom stereocenters. The third-order valence-electron chi connectivity index (χ3n) is 5.62. The second-order valence-corrected chi connectivity index (χ2v) is 7.74. The van der Waals surface area contributed by atoms with Crippen molar-refractivity contribution in [3.63, 3.8) is 0 Å². The Hall–Kier alpha value is -3.14. The van der Waals surface area contributed by atoms with Gasteiger partial charge in [0.1, 0.15) is 0 Å². The molecule has 0 aromatic heterocycles. The Morgan fingerprint density at radius 3 is 2.48 bits per heavy atom. The highest BCUT2D eigenvalue weighted by Crippen LogP contribution is 2.19. The van der Waals surface area contributed by atoms with Gasteiger partial charge in [-0.2, -0.15) is 0 Å². The van der Waals surface area contributed by atoms with Crippen LogP contribution in [0.15, 0.2) is 72.8 Å². The first-order valence-electron chi connectivity index (χ1n) is 10.3. The minimum Gasteiger partial charge on any atom is -0.352 e. The molecule has 1 aliphatic rings. The minimum absolute atomic E-state index is 0.0374. The fraction of sp³-hybridized carbons (Fsp3) is 0.280. The summed E-state index contributed by atoms with van der Waals surface area (Å²) in [5.74, 6) is 0.00234. The minimum atomic E-state index is -0.135. The maximum Gasteiger partial charge on any atom is 0.227 e. The number of amides is 2. The molecule has 1 aliphatic heterocycles. The summed E-state index contributed by atoms with van der Waals surface area (Å²) in [6.07, 6.45) is 2.10. The van der Waals surface area contributed by atoms with Crippen LogP contribution in [0.4, 0.5) is 0 Å². The van der Waals surface area contributed by atoms with Crippen molar-refractivity contribution >= 4 is 22.6 Å². The smallest absolute Gasteiger partial charge is 0.227 e. The zero-order valence-corrected chi connectivity index (χ0v) is 16.5. The monoisotopic (exact) mass is 386 g/mol. The third-order valence-corrected chi connectivity index (χ3v) is 5.62. The van der Waals surface area contributed by atoms with E-state index in [0.29, 0.717) is 19.5 Å². The van der Waals surface area contributed by atoms with Crippen molar-refractivity contribution in [3.8, 4) is 0 Å².